The summed E-state index contributed by atoms with van der Waals surface area (Å²) < 4.78 is 15.6. The smallest absolute Gasteiger partial charge is 0.104 e. The Morgan fingerprint density at radius 3 is 2.35 bits per heavy atom. The van der Waals surface area contributed by atoms with Crippen molar-refractivity contribution in [3.63, 3.8) is 0 Å². The van der Waals surface area contributed by atoms with Crippen LogP contribution >= 0.6 is 0 Å². The lowest BCUT2D eigenvalue weighted by molar-refractivity contribution is 0.00515. The van der Waals surface area contributed by atoms with Gasteiger partial charge in [-0.15, -0.1) is 0 Å². The highest BCUT2D eigenvalue weighted by atomic mass is 16.6. The zero-order chi connectivity index (χ0) is 12.3. The minimum Gasteiger partial charge on any atom is -0.394 e. The Morgan fingerprint density at radius 1 is 1.12 bits per heavy atom. The summed E-state index contributed by atoms with van der Waals surface area (Å²) in [5.74, 6) is 0. The van der Waals surface area contributed by atoms with E-state index in [0.29, 0.717) is 12.7 Å². The number of aliphatic hydroxyl groups is 2. The van der Waals surface area contributed by atoms with Crippen molar-refractivity contribution in [2.45, 2.75) is 37.9 Å². The lowest BCUT2D eigenvalue weighted by Crippen LogP contribution is -2.19. The van der Waals surface area contributed by atoms with Crippen molar-refractivity contribution in [2.24, 2.45) is 0 Å². The SMILES string of the molecule is OCC(O)COCCCCCCOCC1CO1. The monoisotopic (exact) mass is 248 g/mol. The van der Waals surface area contributed by atoms with E-state index >= 15 is 0 Å². The first-order valence-corrected chi connectivity index (χ1v) is 6.39. The van der Waals surface area contributed by atoms with E-state index in [-0.39, 0.29) is 13.2 Å². The van der Waals surface area contributed by atoms with Crippen LogP contribution in [0, 0.1) is 0 Å². The van der Waals surface area contributed by atoms with Crippen molar-refractivity contribution in [1.29, 1.82) is 0 Å². The summed E-state index contributed by atoms with van der Waals surface area (Å²) in [7, 11) is 0. The van der Waals surface area contributed by atoms with E-state index in [9.17, 15) is 0 Å². The Kier molecular flexibility index (Phi) is 8.56. The highest BCUT2D eigenvalue weighted by Crippen LogP contribution is 2.09. The third-order valence-corrected chi connectivity index (χ3v) is 2.55. The molecule has 1 fully saturated rings. The van der Waals surface area contributed by atoms with Crippen LogP contribution in [0.4, 0.5) is 0 Å². The van der Waals surface area contributed by atoms with Crippen LogP contribution in [0.15, 0.2) is 0 Å². The summed E-state index contributed by atoms with van der Waals surface area (Å²) in [5, 5.41) is 17.6. The molecule has 1 saturated heterocycles. The second-order valence-electron chi connectivity index (χ2n) is 4.36. The predicted molar refractivity (Wildman–Crippen MR) is 62.9 cm³/mol. The van der Waals surface area contributed by atoms with E-state index in [2.05, 4.69) is 0 Å². The van der Waals surface area contributed by atoms with Crippen molar-refractivity contribution in [3.05, 3.63) is 0 Å². The molecule has 0 aromatic rings. The Balaban J connectivity index is 1.66. The third-order valence-electron chi connectivity index (χ3n) is 2.55. The molecule has 0 amide bonds. The van der Waals surface area contributed by atoms with Gasteiger partial charge >= 0.3 is 0 Å². The van der Waals surface area contributed by atoms with Gasteiger partial charge in [0.05, 0.1) is 26.4 Å². The zero-order valence-electron chi connectivity index (χ0n) is 10.3. The van der Waals surface area contributed by atoms with Gasteiger partial charge in [-0.3, -0.25) is 0 Å². The molecule has 0 aliphatic carbocycles. The average molecular weight is 248 g/mol. The molecule has 5 nitrogen and oxygen atoms in total. The summed E-state index contributed by atoms with van der Waals surface area (Å²) in [6.07, 6.45) is 3.93. The first-order chi connectivity index (χ1) is 8.33. The van der Waals surface area contributed by atoms with Crippen LogP contribution in [0.3, 0.4) is 0 Å². The summed E-state index contributed by atoms with van der Waals surface area (Å²) >= 11 is 0. The van der Waals surface area contributed by atoms with Crippen molar-refractivity contribution in [2.75, 3.05) is 39.6 Å². The van der Waals surface area contributed by atoms with Crippen molar-refractivity contribution in [1.82, 2.24) is 0 Å². The van der Waals surface area contributed by atoms with Crippen LogP contribution in [0.1, 0.15) is 25.7 Å². The highest BCUT2D eigenvalue weighted by molar-refractivity contribution is 4.66. The fourth-order valence-corrected chi connectivity index (χ4v) is 1.41. The molecule has 1 aliphatic rings. The normalized spacial score (nSPS) is 20.5. The first-order valence-electron chi connectivity index (χ1n) is 6.39. The summed E-state index contributed by atoms with van der Waals surface area (Å²) in [6, 6.07) is 0. The van der Waals surface area contributed by atoms with Crippen LogP contribution in [-0.2, 0) is 14.2 Å². The third kappa shape index (κ3) is 9.50. The van der Waals surface area contributed by atoms with Crippen LogP contribution < -0.4 is 0 Å². The number of epoxide rings is 1. The molecule has 0 bridgehead atoms. The van der Waals surface area contributed by atoms with E-state index in [1.807, 2.05) is 0 Å². The molecular formula is C12H24O5. The quantitative estimate of drug-likeness (QED) is 0.385. The number of aliphatic hydroxyl groups excluding tert-OH is 2. The fourth-order valence-electron chi connectivity index (χ4n) is 1.41. The van der Waals surface area contributed by atoms with Gasteiger partial charge in [0.2, 0.25) is 0 Å². The minimum absolute atomic E-state index is 0.223. The lowest BCUT2D eigenvalue weighted by atomic mass is 10.2. The van der Waals surface area contributed by atoms with Gasteiger partial charge in [0.25, 0.3) is 0 Å². The zero-order valence-corrected chi connectivity index (χ0v) is 10.3. The summed E-state index contributed by atoms with van der Waals surface area (Å²) in [5.41, 5.74) is 0. The number of hydrogen-bond acceptors (Lipinski definition) is 5. The van der Waals surface area contributed by atoms with Gasteiger partial charge in [0.15, 0.2) is 0 Å². The lowest BCUT2D eigenvalue weighted by Gasteiger charge is -2.08. The van der Waals surface area contributed by atoms with E-state index in [4.69, 9.17) is 24.4 Å². The molecule has 2 atom stereocenters. The molecule has 102 valence electrons. The van der Waals surface area contributed by atoms with Gasteiger partial charge in [-0.25, -0.2) is 0 Å². The van der Waals surface area contributed by atoms with Gasteiger partial charge in [0, 0.05) is 13.2 Å². The topological polar surface area (TPSA) is 71.5 Å². The molecule has 2 unspecified atom stereocenters. The maximum Gasteiger partial charge on any atom is 0.104 e. The Bertz CT molecular complexity index is 172. The number of ether oxygens (including phenoxy) is 3. The van der Waals surface area contributed by atoms with Gasteiger partial charge in [0.1, 0.15) is 12.2 Å². The fraction of sp³-hybridized carbons (Fsp3) is 1.00. The molecule has 5 heteroatoms. The van der Waals surface area contributed by atoms with Crippen LogP contribution in [0.5, 0.6) is 0 Å². The molecule has 17 heavy (non-hydrogen) atoms. The molecule has 0 aromatic heterocycles. The van der Waals surface area contributed by atoms with Crippen LogP contribution in [0.2, 0.25) is 0 Å². The second-order valence-corrected chi connectivity index (χ2v) is 4.36. The molecular weight excluding hydrogens is 224 g/mol. The van der Waals surface area contributed by atoms with Gasteiger partial charge in [-0.2, -0.15) is 0 Å². The average Bonchev–Trinajstić information content (AvgIpc) is 3.15. The number of unbranched alkanes of at least 4 members (excludes halogenated alkanes) is 3. The second kappa shape index (κ2) is 9.79. The van der Waals surface area contributed by atoms with Gasteiger partial charge < -0.3 is 24.4 Å². The van der Waals surface area contributed by atoms with Gasteiger partial charge in [-0.05, 0) is 12.8 Å². The van der Waals surface area contributed by atoms with E-state index < -0.39 is 6.10 Å². The summed E-state index contributed by atoms with van der Waals surface area (Å²) in [6.45, 7) is 3.04. The van der Waals surface area contributed by atoms with Crippen molar-refractivity contribution >= 4 is 0 Å². The number of hydrogen-bond donors (Lipinski definition) is 2. The van der Waals surface area contributed by atoms with Crippen LogP contribution in [0.25, 0.3) is 0 Å². The number of rotatable bonds is 12. The Morgan fingerprint density at radius 2 is 1.76 bits per heavy atom. The minimum atomic E-state index is -0.743. The maximum absolute atomic E-state index is 9.01. The highest BCUT2D eigenvalue weighted by Gasteiger charge is 2.21. The Labute approximate surface area is 103 Å². The molecule has 0 aromatic carbocycles. The summed E-state index contributed by atoms with van der Waals surface area (Å²) in [4.78, 5) is 0. The molecule has 2 N–H and O–H groups in total. The molecule has 0 saturated carbocycles. The predicted octanol–water partition coefficient (Wildman–Crippen LogP) is 0.332. The standard InChI is InChI=1S/C12H24O5/c13-7-11(14)8-15-5-3-1-2-4-6-16-9-12-10-17-12/h11-14H,1-10H2. The molecule has 0 radical (unpaired) electrons. The van der Waals surface area contributed by atoms with Crippen molar-refractivity contribution in [3.8, 4) is 0 Å². The van der Waals surface area contributed by atoms with Crippen molar-refractivity contribution < 1.29 is 24.4 Å². The van der Waals surface area contributed by atoms with Gasteiger partial charge in [-0.1, -0.05) is 12.8 Å². The maximum atomic E-state index is 9.01. The molecule has 1 heterocycles. The molecule has 1 aliphatic heterocycles. The largest absolute Gasteiger partial charge is 0.394 e. The van der Waals surface area contributed by atoms with E-state index in [1.165, 1.54) is 0 Å². The van der Waals surface area contributed by atoms with Crippen LogP contribution in [-0.4, -0.2) is 62.1 Å². The van der Waals surface area contributed by atoms with E-state index in [1.54, 1.807) is 0 Å². The first kappa shape index (κ1) is 14.9. The Hall–Kier alpha value is -0.200. The molecule has 0 spiro atoms. The van der Waals surface area contributed by atoms with E-state index in [0.717, 1.165) is 45.5 Å². The molecule has 1 rings (SSSR count).